The van der Waals surface area contributed by atoms with Gasteiger partial charge in [0.2, 0.25) is 0 Å². The SMILES string of the molecule is COC[C@H]1CNC[C@@H]1COC.Cl. The van der Waals surface area contributed by atoms with Crippen molar-refractivity contribution in [3.05, 3.63) is 0 Å². The molecule has 0 amide bonds. The van der Waals surface area contributed by atoms with Gasteiger partial charge in [0.25, 0.3) is 0 Å². The number of hydrogen-bond acceptors (Lipinski definition) is 3. The summed E-state index contributed by atoms with van der Waals surface area (Å²) >= 11 is 0. The zero-order valence-corrected chi connectivity index (χ0v) is 8.52. The molecule has 1 aliphatic rings. The second-order valence-electron chi connectivity index (χ2n) is 3.09. The molecule has 0 aromatic rings. The van der Waals surface area contributed by atoms with Gasteiger partial charge in [-0.3, -0.25) is 0 Å². The lowest BCUT2D eigenvalue weighted by Crippen LogP contribution is -2.21. The maximum absolute atomic E-state index is 5.11. The van der Waals surface area contributed by atoms with Gasteiger partial charge in [0.1, 0.15) is 0 Å². The Labute approximate surface area is 80.2 Å². The molecule has 1 fully saturated rings. The third kappa shape index (κ3) is 3.27. The molecule has 0 spiro atoms. The molecule has 2 atom stereocenters. The summed E-state index contributed by atoms with van der Waals surface area (Å²) in [5.74, 6) is 1.28. The van der Waals surface area contributed by atoms with Crippen LogP contribution in [-0.4, -0.2) is 40.5 Å². The lowest BCUT2D eigenvalue weighted by Gasteiger charge is -2.15. The van der Waals surface area contributed by atoms with E-state index in [-0.39, 0.29) is 12.4 Å². The highest BCUT2D eigenvalue weighted by molar-refractivity contribution is 5.85. The Morgan fingerprint density at radius 2 is 1.50 bits per heavy atom. The number of rotatable bonds is 4. The van der Waals surface area contributed by atoms with Crippen molar-refractivity contribution in [3.63, 3.8) is 0 Å². The minimum absolute atomic E-state index is 0. The zero-order chi connectivity index (χ0) is 8.10. The summed E-state index contributed by atoms with van der Waals surface area (Å²) in [6.07, 6.45) is 0. The summed E-state index contributed by atoms with van der Waals surface area (Å²) in [7, 11) is 3.50. The van der Waals surface area contributed by atoms with Gasteiger partial charge < -0.3 is 14.8 Å². The van der Waals surface area contributed by atoms with Crippen molar-refractivity contribution in [1.29, 1.82) is 0 Å². The molecular weight excluding hydrogens is 178 g/mol. The highest BCUT2D eigenvalue weighted by atomic mass is 35.5. The predicted octanol–water partition coefficient (Wildman–Crippen LogP) is 0.537. The van der Waals surface area contributed by atoms with E-state index in [0.717, 1.165) is 26.3 Å². The van der Waals surface area contributed by atoms with E-state index in [9.17, 15) is 0 Å². The van der Waals surface area contributed by atoms with Gasteiger partial charge in [0, 0.05) is 39.1 Å². The molecule has 0 saturated carbocycles. The summed E-state index contributed by atoms with van der Waals surface area (Å²) in [5, 5.41) is 3.33. The fraction of sp³-hybridized carbons (Fsp3) is 1.00. The topological polar surface area (TPSA) is 30.5 Å². The van der Waals surface area contributed by atoms with Crippen LogP contribution >= 0.6 is 12.4 Å². The maximum atomic E-state index is 5.11. The highest BCUT2D eigenvalue weighted by Gasteiger charge is 2.26. The van der Waals surface area contributed by atoms with Crippen LogP contribution in [-0.2, 0) is 9.47 Å². The van der Waals surface area contributed by atoms with Gasteiger partial charge in [-0.25, -0.2) is 0 Å². The molecule has 12 heavy (non-hydrogen) atoms. The van der Waals surface area contributed by atoms with Gasteiger partial charge in [-0.1, -0.05) is 0 Å². The van der Waals surface area contributed by atoms with Crippen LogP contribution in [0.3, 0.4) is 0 Å². The summed E-state index contributed by atoms with van der Waals surface area (Å²) in [6, 6.07) is 0. The molecule has 1 aliphatic heterocycles. The number of halogens is 1. The minimum Gasteiger partial charge on any atom is -0.384 e. The van der Waals surface area contributed by atoms with E-state index in [1.54, 1.807) is 14.2 Å². The number of ether oxygens (including phenoxy) is 2. The van der Waals surface area contributed by atoms with E-state index in [1.165, 1.54) is 0 Å². The van der Waals surface area contributed by atoms with E-state index in [4.69, 9.17) is 9.47 Å². The molecule has 3 nitrogen and oxygen atoms in total. The Bertz CT molecular complexity index is 101. The molecule has 0 bridgehead atoms. The van der Waals surface area contributed by atoms with Crippen LogP contribution in [0, 0.1) is 11.8 Å². The van der Waals surface area contributed by atoms with Crippen LogP contribution in [0.2, 0.25) is 0 Å². The van der Waals surface area contributed by atoms with Crippen molar-refractivity contribution >= 4 is 12.4 Å². The first-order valence-corrected chi connectivity index (χ1v) is 4.07. The van der Waals surface area contributed by atoms with Gasteiger partial charge >= 0.3 is 0 Å². The minimum atomic E-state index is 0. The third-order valence-corrected chi connectivity index (χ3v) is 2.24. The molecule has 0 aromatic heterocycles. The lowest BCUT2D eigenvalue weighted by molar-refractivity contribution is 0.0937. The van der Waals surface area contributed by atoms with Gasteiger partial charge in [-0.2, -0.15) is 0 Å². The molecule has 0 unspecified atom stereocenters. The van der Waals surface area contributed by atoms with Crippen LogP contribution in [0.1, 0.15) is 0 Å². The summed E-state index contributed by atoms with van der Waals surface area (Å²) in [5.41, 5.74) is 0. The quantitative estimate of drug-likeness (QED) is 0.711. The second kappa shape index (κ2) is 6.66. The molecular formula is C8H18ClNO2. The van der Waals surface area contributed by atoms with Crippen molar-refractivity contribution in [3.8, 4) is 0 Å². The normalized spacial score (nSPS) is 28.5. The molecule has 1 heterocycles. The molecule has 0 radical (unpaired) electrons. The second-order valence-corrected chi connectivity index (χ2v) is 3.09. The van der Waals surface area contributed by atoms with Crippen LogP contribution in [0.5, 0.6) is 0 Å². The number of hydrogen-bond donors (Lipinski definition) is 1. The third-order valence-electron chi connectivity index (χ3n) is 2.24. The Kier molecular flexibility index (Phi) is 6.76. The number of nitrogens with one attached hydrogen (secondary N) is 1. The van der Waals surface area contributed by atoms with Gasteiger partial charge in [-0.15, -0.1) is 12.4 Å². The molecule has 0 aliphatic carbocycles. The molecule has 1 rings (SSSR count). The fourth-order valence-corrected chi connectivity index (χ4v) is 1.61. The Morgan fingerprint density at radius 3 is 1.83 bits per heavy atom. The lowest BCUT2D eigenvalue weighted by atomic mass is 9.98. The Morgan fingerprint density at radius 1 is 1.08 bits per heavy atom. The first-order chi connectivity index (χ1) is 5.38. The molecule has 0 aromatic carbocycles. The number of methoxy groups -OCH3 is 2. The molecule has 4 heteroatoms. The molecule has 74 valence electrons. The summed E-state index contributed by atoms with van der Waals surface area (Å²) in [4.78, 5) is 0. The van der Waals surface area contributed by atoms with Crippen LogP contribution < -0.4 is 5.32 Å². The standard InChI is InChI=1S/C8H17NO2.ClH/c1-10-5-7-3-9-4-8(7)6-11-2;/h7-9H,3-6H2,1-2H3;1H/t7-,8-;/m1./s1. The first-order valence-electron chi connectivity index (χ1n) is 4.07. The van der Waals surface area contributed by atoms with Crippen molar-refractivity contribution in [1.82, 2.24) is 5.32 Å². The Balaban J connectivity index is 0.00000121. The summed E-state index contributed by atoms with van der Waals surface area (Å²) in [6.45, 7) is 3.84. The molecule has 1 N–H and O–H groups in total. The van der Waals surface area contributed by atoms with Crippen LogP contribution in [0.25, 0.3) is 0 Å². The van der Waals surface area contributed by atoms with Crippen molar-refractivity contribution < 1.29 is 9.47 Å². The zero-order valence-electron chi connectivity index (χ0n) is 7.71. The summed E-state index contributed by atoms with van der Waals surface area (Å²) < 4.78 is 10.2. The van der Waals surface area contributed by atoms with E-state index in [1.807, 2.05) is 0 Å². The van der Waals surface area contributed by atoms with E-state index < -0.39 is 0 Å². The van der Waals surface area contributed by atoms with Crippen molar-refractivity contribution in [2.75, 3.05) is 40.5 Å². The van der Waals surface area contributed by atoms with Crippen LogP contribution in [0.15, 0.2) is 0 Å². The monoisotopic (exact) mass is 195 g/mol. The maximum Gasteiger partial charge on any atom is 0.0506 e. The average molecular weight is 196 g/mol. The largest absolute Gasteiger partial charge is 0.384 e. The average Bonchev–Trinajstić information content (AvgIpc) is 2.39. The predicted molar refractivity (Wildman–Crippen MR) is 50.8 cm³/mol. The molecule has 1 saturated heterocycles. The smallest absolute Gasteiger partial charge is 0.0506 e. The van der Waals surface area contributed by atoms with Gasteiger partial charge in [0.15, 0.2) is 0 Å². The van der Waals surface area contributed by atoms with Gasteiger partial charge in [0.05, 0.1) is 13.2 Å². The van der Waals surface area contributed by atoms with Crippen molar-refractivity contribution in [2.45, 2.75) is 0 Å². The first kappa shape index (κ1) is 12.2. The van der Waals surface area contributed by atoms with Crippen molar-refractivity contribution in [2.24, 2.45) is 11.8 Å². The Hall–Kier alpha value is 0.170. The van der Waals surface area contributed by atoms with Crippen LogP contribution in [0.4, 0.5) is 0 Å². The van der Waals surface area contributed by atoms with E-state index in [0.29, 0.717) is 11.8 Å². The van der Waals surface area contributed by atoms with E-state index >= 15 is 0 Å². The van der Waals surface area contributed by atoms with E-state index in [2.05, 4.69) is 5.32 Å². The van der Waals surface area contributed by atoms with Gasteiger partial charge in [-0.05, 0) is 0 Å². The fourth-order valence-electron chi connectivity index (χ4n) is 1.61. The highest BCUT2D eigenvalue weighted by Crippen LogP contribution is 2.16.